The van der Waals surface area contributed by atoms with Gasteiger partial charge in [0.05, 0.1) is 107 Å². The lowest BCUT2D eigenvalue weighted by atomic mass is 9.83. The van der Waals surface area contributed by atoms with E-state index in [9.17, 15) is 24.0 Å². The second-order valence-electron chi connectivity index (χ2n) is 34.7. The van der Waals surface area contributed by atoms with Gasteiger partial charge in [0.15, 0.2) is 92.0 Å². The number of benzene rings is 8. The van der Waals surface area contributed by atoms with Crippen LogP contribution in [0.2, 0.25) is 0 Å². The molecule has 0 amide bonds. The van der Waals surface area contributed by atoms with Crippen LogP contribution >= 0.6 is 0 Å². The highest BCUT2D eigenvalue weighted by Gasteiger charge is 2.29. The van der Waals surface area contributed by atoms with Crippen molar-refractivity contribution in [3.63, 3.8) is 0 Å². The van der Waals surface area contributed by atoms with Crippen molar-refractivity contribution in [2.45, 2.75) is 122 Å². The second kappa shape index (κ2) is 62.9. The molecule has 35 nitrogen and oxygen atoms in total. The Morgan fingerprint density at radius 3 is 0.906 bits per heavy atom. The molecule has 149 heavy (non-hydrogen) atoms. The number of rotatable bonds is 44. The fourth-order valence-electron chi connectivity index (χ4n) is 16.5. The van der Waals surface area contributed by atoms with Gasteiger partial charge in [-0.05, 0) is 262 Å². The number of aryl methyl sites for hydroxylation is 2. The van der Waals surface area contributed by atoms with Gasteiger partial charge in [-0.15, -0.1) is 0 Å². The molecule has 0 saturated heterocycles. The monoisotopic (exact) mass is 2060 g/mol. The van der Waals surface area contributed by atoms with Crippen molar-refractivity contribution in [2.75, 3.05) is 134 Å². The first kappa shape index (κ1) is 112. The van der Waals surface area contributed by atoms with Crippen LogP contribution in [0.3, 0.4) is 0 Å². The summed E-state index contributed by atoms with van der Waals surface area (Å²) in [4.78, 5) is 58.7. The average Bonchev–Trinajstić information content (AvgIpc) is 1.74. The molecule has 0 atom stereocenters. The molecule has 798 valence electrons. The molecule has 35 heteroatoms. The van der Waals surface area contributed by atoms with Gasteiger partial charge < -0.3 is 142 Å². The van der Waals surface area contributed by atoms with Crippen molar-refractivity contribution in [1.29, 1.82) is 0 Å². The molecule has 0 unspecified atom stereocenters. The van der Waals surface area contributed by atoms with E-state index in [-0.39, 0.29) is 90.9 Å². The summed E-state index contributed by atoms with van der Waals surface area (Å²) in [5.41, 5.74) is 6.01. The minimum absolute atomic E-state index is 0.130. The number of carbonyl (C=O) groups excluding carboxylic acids is 5. The number of carbonyl (C=O) groups is 5. The van der Waals surface area contributed by atoms with Gasteiger partial charge in [0.25, 0.3) is 0 Å². The van der Waals surface area contributed by atoms with Crippen LogP contribution in [0, 0.1) is 35.5 Å². The average molecular weight is 2060 g/mol. The van der Waals surface area contributed by atoms with Gasteiger partial charge in [-0.3, -0.25) is 14.4 Å². The molecule has 0 N–H and O–H groups in total. The number of hydrogen-bond acceptors (Lipinski definition) is 35. The van der Waals surface area contributed by atoms with E-state index >= 15 is 0 Å². The number of ether oxygens (including phenoxy) is 30. The van der Waals surface area contributed by atoms with Gasteiger partial charge in [0, 0.05) is 25.5 Å². The van der Waals surface area contributed by atoms with Crippen molar-refractivity contribution in [3.05, 3.63) is 287 Å². The smallest absolute Gasteiger partial charge is 0.338 e. The maximum atomic E-state index is 12.1. The van der Waals surface area contributed by atoms with Gasteiger partial charge in [0.1, 0.15) is 52.0 Å². The van der Waals surface area contributed by atoms with Crippen LogP contribution in [0.5, 0.6) is 97.7 Å². The third-order valence-corrected chi connectivity index (χ3v) is 24.4. The normalized spacial score (nSPS) is 17.0. The maximum absolute atomic E-state index is 12.1. The number of esters is 5. The molecular formula is C114H132O35. The van der Waals surface area contributed by atoms with Crippen LogP contribution in [0.1, 0.15) is 138 Å². The van der Waals surface area contributed by atoms with Crippen LogP contribution in [-0.4, -0.2) is 163 Å². The number of hydrogen-bond donors (Lipinski definition) is 0. The van der Waals surface area contributed by atoms with Crippen LogP contribution in [-0.2, 0) is 108 Å². The molecule has 0 spiro atoms. The molecule has 0 radical (unpaired) electrons. The van der Waals surface area contributed by atoms with Crippen molar-refractivity contribution in [3.8, 4) is 97.7 Å². The zero-order valence-electron chi connectivity index (χ0n) is 84.0. The van der Waals surface area contributed by atoms with Crippen LogP contribution in [0.15, 0.2) is 248 Å². The molecule has 0 bridgehead atoms. The van der Waals surface area contributed by atoms with Crippen molar-refractivity contribution in [1.82, 2.24) is 0 Å². The van der Waals surface area contributed by atoms with Crippen LogP contribution in [0.25, 0.3) is 0 Å². The Labute approximate surface area is 868 Å². The van der Waals surface area contributed by atoms with E-state index in [1.807, 2.05) is 78.9 Å². The minimum atomic E-state index is -0.420. The molecular weight excluding hydrogens is 1930 g/mol. The summed E-state index contributed by atoms with van der Waals surface area (Å²) in [5, 5.41) is 0. The molecule has 8 heterocycles. The summed E-state index contributed by atoms with van der Waals surface area (Å²) in [6, 6.07) is 43.9. The molecule has 0 aromatic heterocycles. The minimum Gasteiger partial charge on any atom is -0.502 e. The Hall–Kier alpha value is -15.8. The van der Waals surface area contributed by atoms with Gasteiger partial charge in [0.2, 0.25) is 54.3 Å². The summed E-state index contributed by atoms with van der Waals surface area (Å²) >= 11 is 0. The molecule has 19 rings (SSSR count). The highest BCUT2D eigenvalue weighted by molar-refractivity contribution is 5.91. The lowest BCUT2D eigenvalue weighted by Gasteiger charge is -2.27. The predicted octanol–water partition coefficient (Wildman–Crippen LogP) is 20.8. The quantitative estimate of drug-likeness (QED) is 0.0148. The van der Waals surface area contributed by atoms with E-state index in [2.05, 4.69) is 52.6 Å². The van der Waals surface area contributed by atoms with E-state index in [0.29, 0.717) is 178 Å². The Kier molecular flexibility index (Phi) is 47.3. The molecule has 3 saturated carbocycles. The van der Waals surface area contributed by atoms with Gasteiger partial charge in [-0.2, -0.15) is 0 Å². The molecule has 8 aliphatic heterocycles. The summed E-state index contributed by atoms with van der Waals surface area (Å²) in [6.07, 6.45) is 27.2. The zero-order chi connectivity index (χ0) is 105. The van der Waals surface area contributed by atoms with E-state index in [1.54, 1.807) is 73.0 Å². The topological polar surface area (TPSA) is 362 Å². The zero-order valence-corrected chi connectivity index (χ0v) is 84.0. The lowest BCUT2D eigenvalue weighted by molar-refractivity contribution is -0.146. The van der Waals surface area contributed by atoms with Crippen molar-refractivity contribution >= 4 is 29.8 Å². The third kappa shape index (κ3) is 38.5. The fraction of sp³-hybridized carbons (Fsp3) is 0.395. The molecule has 8 aromatic rings. The Morgan fingerprint density at radius 2 is 0.523 bits per heavy atom. The van der Waals surface area contributed by atoms with Crippen molar-refractivity contribution in [2.24, 2.45) is 35.5 Å². The van der Waals surface area contributed by atoms with E-state index < -0.39 is 5.97 Å². The second-order valence-corrected chi connectivity index (χ2v) is 34.7. The van der Waals surface area contributed by atoms with Crippen molar-refractivity contribution < 1.29 is 166 Å². The first-order valence-electron chi connectivity index (χ1n) is 49.4. The Morgan fingerprint density at radius 1 is 0.242 bits per heavy atom. The van der Waals surface area contributed by atoms with E-state index in [4.69, 9.17) is 142 Å². The Balaban J connectivity index is 0.000000152. The first-order chi connectivity index (χ1) is 73.0. The molecule has 8 aromatic carbocycles. The third-order valence-electron chi connectivity index (χ3n) is 24.4. The van der Waals surface area contributed by atoms with Gasteiger partial charge >= 0.3 is 29.8 Å². The highest BCUT2D eigenvalue weighted by Crippen LogP contribution is 2.42. The largest absolute Gasteiger partial charge is 0.502 e. The summed E-state index contributed by atoms with van der Waals surface area (Å²) < 4.78 is 156. The fourth-order valence-corrected chi connectivity index (χ4v) is 16.5. The maximum Gasteiger partial charge on any atom is 0.338 e. The summed E-state index contributed by atoms with van der Waals surface area (Å²) in [7, 11) is 0. The standard InChI is InChI=1S/C20H26O5.C18H22O5.C18H24O4.C14H16O5.C13H14O5.C12H12O5.C10H10O3.C9H8O3/c1-2-22-12-16-3-5-17(6-4-16)13-23-20(21)10-8-15-7-9-18-19(11-15)25-14-24-18;1-2-20-10-13-3-5-14(6-4-13)11-21-18(19)15-7-8-16-17(9-15)23-12-22-16;1-2-19-10-14-3-5-15(6-4-14)11-20-12-16-7-8-17-18(9-16)22-13-21-17;1-2-16-7-8-17-14(15)6-4-11-3-5-12-13(9-11)19-10-18-12;1-2-15-5-6-16-13(14)8-10-3-4-11-12(7-10)18-9-17-11;1-2-14-5-6-15-12(13)9-3-4-10-11(7-9)17-8-16-10;1-2-11-6-8-3-4-9-10(5-8)13-7-12-9;1-2-10-7-3-4-8-9(5-7)12-6-11-8/h2,7,9,11,16-17H,1,3-6,8,10,12-14H2;2,7-9,13-14H,1,3-6,10-12H2;2,7-9,14-15H,1,3-6,10-13H2;2-3,5,9H,1,4,6-8,10H2;2-4,7H,1,5-6,8-9H2;2-4,7H,1,5-6,8H2;2-5H,1,6-7H2;2-5H,1,6H2. The molecule has 3 fully saturated rings. The van der Waals surface area contributed by atoms with Crippen LogP contribution in [0.4, 0.5) is 0 Å². The first-order valence-corrected chi connectivity index (χ1v) is 49.4. The summed E-state index contributed by atoms with van der Waals surface area (Å²) in [6.45, 7) is 36.7. The predicted molar refractivity (Wildman–Crippen MR) is 543 cm³/mol. The summed E-state index contributed by atoms with van der Waals surface area (Å²) in [5.74, 6) is 14.3. The Bertz CT molecular complexity index is 5610. The molecule has 11 aliphatic rings. The van der Waals surface area contributed by atoms with Crippen LogP contribution < -0.4 is 80.5 Å². The van der Waals surface area contributed by atoms with Gasteiger partial charge in [-0.25, -0.2) is 9.59 Å². The van der Waals surface area contributed by atoms with E-state index in [1.165, 1.54) is 69.5 Å². The van der Waals surface area contributed by atoms with Gasteiger partial charge in [-0.1, -0.05) is 83.0 Å². The highest BCUT2D eigenvalue weighted by atomic mass is 16.7. The SMILES string of the molecule is C=COCC1CCC(COC(=O)CCc2ccc3c(c2)OCO3)CC1.C=COCC1CCC(COC(=O)c2ccc3c(c2)OCO3)CC1.C=COCC1CCC(COCc2ccc3c(c2)OCO3)CC1.C=COCCOC(=O)CCc1ccc2c(c1)OCO2.C=COCCOC(=O)Cc1ccc2c(c1)OCO2.C=COCCOC(=O)c1ccc2c(c1)OCO2.C=COCc1ccc2c(c1)OCO2.C=COc1ccc2c(c1)OCO2. The lowest BCUT2D eigenvalue weighted by Crippen LogP contribution is -2.22. The number of fused-ring (bicyclic) bond motifs is 8. The van der Waals surface area contributed by atoms with E-state index in [0.717, 1.165) is 157 Å². The molecule has 3 aliphatic carbocycles.